The van der Waals surface area contributed by atoms with Crippen LogP contribution in [-0.4, -0.2) is 45.0 Å². The zero-order chi connectivity index (χ0) is 17.2. The van der Waals surface area contributed by atoms with Gasteiger partial charge in [-0.3, -0.25) is 9.89 Å². The van der Waals surface area contributed by atoms with E-state index in [4.69, 9.17) is 5.73 Å². The van der Waals surface area contributed by atoms with Crippen molar-refractivity contribution in [2.45, 2.75) is 26.2 Å². The largest absolute Gasteiger partial charge is 0.366 e. The maximum absolute atomic E-state index is 13.8. The van der Waals surface area contributed by atoms with Crippen molar-refractivity contribution in [1.29, 1.82) is 0 Å². The Morgan fingerprint density at radius 1 is 1.46 bits per heavy atom. The van der Waals surface area contributed by atoms with Crippen molar-refractivity contribution >= 4 is 22.6 Å². The van der Waals surface area contributed by atoms with Crippen LogP contribution in [0.4, 0.5) is 4.39 Å². The Morgan fingerprint density at radius 3 is 2.79 bits per heavy atom. The molecule has 6 nitrogen and oxygen atoms in total. The molecular formula is C17H20FN5O. The van der Waals surface area contributed by atoms with E-state index in [2.05, 4.69) is 28.8 Å². The Bertz CT molecular complexity index is 980. The number of carbonyl (C=O) groups excluding carboxylic acids is 1. The van der Waals surface area contributed by atoms with Gasteiger partial charge in [-0.05, 0) is 19.5 Å². The van der Waals surface area contributed by atoms with Crippen LogP contribution in [0, 0.1) is 12.7 Å². The van der Waals surface area contributed by atoms with Gasteiger partial charge in [-0.15, -0.1) is 0 Å². The molecule has 0 radical (unpaired) electrons. The lowest BCUT2D eigenvalue weighted by Gasteiger charge is -2.47. The number of hydrogen-bond donors (Lipinski definition) is 2. The second kappa shape index (κ2) is 4.80. The minimum Gasteiger partial charge on any atom is -0.366 e. The highest BCUT2D eigenvalue weighted by Crippen LogP contribution is 2.39. The average Bonchev–Trinajstić information content (AvgIpc) is 2.96. The summed E-state index contributed by atoms with van der Waals surface area (Å²) in [4.78, 5) is 18.7. The lowest BCUT2D eigenvalue weighted by Crippen LogP contribution is -2.57. The van der Waals surface area contributed by atoms with Crippen molar-refractivity contribution < 1.29 is 9.18 Å². The van der Waals surface area contributed by atoms with E-state index >= 15 is 0 Å². The first-order chi connectivity index (χ1) is 11.3. The van der Waals surface area contributed by atoms with Gasteiger partial charge < -0.3 is 10.6 Å². The van der Waals surface area contributed by atoms with E-state index in [9.17, 15) is 9.18 Å². The molecule has 4 rings (SSSR count). The van der Waals surface area contributed by atoms with Gasteiger partial charge in [0.25, 0.3) is 5.91 Å². The van der Waals surface area contributed by atoms with Gasteiger partial charge in [-0.25, -0.2) is 13.9 Å². The number of aromatic amines is 1. The average molecular weight is 329 g/mol. The number of benzene rings is 1. The van der Waals surface area contributed by atoms with Crippen LogP contribution in [0.3, 0.4) is 0 Å². The summed E-state index contributed by atoms with van der Waals surface area (Å²) < 4.78 is 15.6. The maximum Gasteiger partial charge on any atom is 0.251 e. The van der Waals surface area contributed by atoms with Gasteiger partial charge in [0.05, 0.1) is 11.1 Å². The molecule has 1 aliphatic heterocycles. The van der Waals surface area contributed by atoms with E-state index in [0.29, 0.717) is 11.0 Å². The molecule has 2 aromatic heterocycles. The van der Waals surface area contributed by atoms with E-state index in [-0.39, 0.29) is 11.0 Å². The molecule has 24 heavy (non-hydrogen) atoms. The number of H-pyrrole nitrogens is 1. The number of aryl methyl sites for hydroxylation is 1. The Hall–Kier alpha value is -2.41. The number of likely N-dealkylation sites (tertiary alicyclic amines) is 1. The predicted octanol–water partition coefficient (Wildman–Crippen LogP) is 1.96. The molecule has 1 aromatic carbocycles. The van der Waals surface area contributed by atoms with Gasteiger partial charge >= 0.3 is 0 Å². The summed E-state index contributed by atoms with van der Waals surface area (Å²) in [7, 11) is 0. The van der Waals surface area contributed by atoms with Crippen molar-refractivity contribution in [3.8, 4) is 0 Å². The molecule has 1 amide bonds. The number of rotatable bonds is 3. The smallest absolute Gasteiger partial charge is 0.251 e. The van der Waals surface area contributed by atoms with Crippen molar-refractivity contribution in [2.75, 3.05) is 19.6 Å². The lowest BCUT2D eigenvalue weighted by atomic mass is 9.75. The van der Waals surface area contributed by atoms with E-state index in [0.717, 1.165) is 36.5 Å². The van der Waals surface area contributed by atoms with Crippen LogP contribution in [0.25, 0.3) is 16.7 Å². The van der Waals surface area contributed by atoms with Gasteiger partial charge in [0.15, 0.2) is 5.65 Å². The Labute approximate surface area is 138 Å². The third kappa shape index (κ3) is 1.91. The van der Waals surface area contributed by atoms with E-state index in [1.54, 1.807) is 4.52 Å². The van der Waals surface area contributed by atoms with E-state index < -0.39 is 11.7 Å². The molecule has 7 heteroatoms. The monoisotopic (exact) mass is 329 g/mol. The third-order valence-electron chi connectivity index (χ3n) is 5.06. The second-order valence-corrected chi connectivity index (χ2v) is 6.93. The van der Waals surface area contributed by atoms with Crippen LogP contribution in [0.15, 0.2) is 12.1 Å². The predicted molar refractivity (Wildman–Crippen MR) is 89.7 cm³/mol. The van der Waals surface area contributed by atoms with Crippen LogP contribution in [0.2, 0.25) is 0 Å². The van der Waals surface area contributed by atoms with Gasteiger partial charge in [0.1, 0.15) is 11.3 Å². The van der Waals surface area contributed by atoms with Crippen molar-refractivity contribution in [2.24, 2.45) is 5.73 Å². The Kier molecular flexibility index (Phi) is 3.02. The van der Waals surface area contributed by atoms with Crippen LogP contribution in [0.5, 0.6) is 0 Å². The molecule has 0 atom stereocenters. The topological polar surface area (TPSA) is 79.4 Å². The number of nitrogens with zero attached hydrogens (tertiary/aromatic N) is 3. The van der Waals surface area contributed by atoms with Gasteiger partial charge in [-0.2, -0.15) is 0 Å². The molecule has 0 bridgehead atoms. The second-order valence-electron chi connectivity index (χ2n) is 6.93. The molecule has 0 saturated carbocycles. The first kappa shape index (κ1) is 15.1. The van der Waals surface area contributed by atoms with Gasteiger partial charge in [0, 0.05) is 35.8 Å². The molecule has 3 heterocycles. The number of primary amides is 1. The highest BCUT2D eigenvalue weighted by molar-refractivity contribution is 6.05. The van der Waals surface area contributed by atoms with Crippen LogP contribution >= 0.6 is 0 Å². The summed E-state index contributed by atoms with van der Waals surface area (Å²) in [6.07, 6.45) is 0. The molecule has 3 N–H and O–H groups in total. The number of amides is 1. The van der Waals surface area contributed by atoms with Crippen LogP contribution < -0.4 is 5.73 Å². The van der Waals surface area contributed by atoms with Gasteiger partial charge in [0.2, 0.25) is 0 Å². The number of likely N-dealkylation sites (N-methyl/N-ethyl adjacent to an activating group) is 1. The molecular weight excluding hydrogens is 309 g/mol. The first-order valence-corrected chi connectivity index (χ1v) is 8.07. The highest BCUT2D eigenvalue weighted by Gasteiger charge is 2.43. The summed E-state index contributed by atoms with van der Waals surface area (Å²) in [5.74, 6) is -1.18. The summed E-state index contributed by atoms with van der Waals surface area (Å²) in [6.45, 7) is 9.29. The van der Waals surface area contributed by atoms with Gasteiger partial charge in [-0.1, -0.05) is 13.8 Å². The number of aromatic nitrogens is 3. The zero-order valence-corrected chi connectivity index (χ0v) is 14.0. The SMILES string of the molecule is CCN1CC(C)(c2c(C)[nH]n3c2nc2cc(F)cc(C(N)=O)c23)C1. The number of nitrogens with one attached hydrogen (secondary N) is 1. The number of carbonyl (C=O) groups is 1. The fraction of sp³-hybridized carbons (Fsp3) is 0.412. The summed E-state index contributed by atoms with van der Waals surface area (Å²) in [5, 5.41) is 3.28. The van der Waals surface area contributed by atoms with Crippen molar-refractivity contribution in [3.05, 3.63) is 34.8 Å². The lowest BCUT2D eigenvalue weighted by molar-refractivity contribution is 0.0849. The fourth-order valence-electron chi connectivity index (χ4n) is 4.08. The minimum absolute atomic E-state index is 0.00580. The Balaban J connectivity index is 2.00. The number of halogens is 1. The molecule has 3 aromatic rings. The summed E-state index contributed by atoms with van der Waals surface area (Å²) in [5.41, 5.74) is 9.42. The third-order valence-corrected chi connectivity index (χ3v) is 5.06. The molecule has 1 fully saturated rings. The molecule has 0 spiro atoms. The quantitative estimate of drug-likeness (QED) is 0.771. The maximum atomic E-state index is 13.8. The molecule has 1 aliphatic rings. The van der Waals surface area contributed by atoms with E-state index in [1.165, 1.54) is 12.1 Å². The molecule has 1 saturated heterocycles. The highest BCUT2D eigenvalue weighted by atomic mass is 19.1. The molecule has 0 aliphatic carbocycles. The first-order valence-electron chi connectivity index (χ1n) is 8.07. The molecule has 126 valence electrons. The van der Waals surface area contributed by atoms with Crippen LogP contribution in [0.1, 0.15) is 35.5 Å². The summed E-state index contributed by atoms with van der Waals surface area (Å²) >= 11 is 0. The number of fused-ring (bicyclic) bond motifs is 3. The number of nitrogens with two attached hydrogens (primary N) is 1. The van der Waals surface area contributed by atoms with E-state index in [1.807, 2.05) is 6.92 Å². The normalized spacial score (nSPS) is 17.5. The van der Waals surface area contributed by atoms with Crippen LogP contribution in [-0.2, 0) is 5.41 Å². The summed E-state index contributed by atoms with van der Waals surface area (Å²) in [6, 6.07) is 2.50. The fourth-order valence-corrected chi connectivity index (χ4v) is 4.08. The number of imidazole rings is 1. The standard InChI is InChI=1S/C17H20FN5O/c1-4-22-7-17(3,8-22)13-9(2)21-23-14-11(15(19)24)5-10(18)6-12(14)20-16(13)23/h5-6,21H,4,7-8H2,1-3H3,(H2,19,24). The molecule has 0 unspecified atom stereocenters. The zero-order valence-electron chi connectivity index (χ0n) is 14.0. The Morgan fingerprint density at radius 2 is 2.17 bits per heavy atom. The van der Waals surface area contributed by atoms with Crippen molar-refractivity contribution in [3.63, 3.8) is 0 Å². The number of hydrogen-bond acceptors (Lipinski definition) is 3. The van der Waals surface area contributed by atoms with Crippen molar-refractivity contribution in [1.82, 2.24) is 19.5 Å². The minimum atomic E-state index is -0.665.